The molecule has 0 saturated carbocycles. The van der Waals surface area contributed by atoms with Crippen LogP contribution in [-0.4, -0.2) is 139 Å². The minimum absolute atomic E-state index is 0.00614. The van der Waals surface area contributed by atoms with Gasteiger partial charge in [0, 0.05) is 39.4 Å². The van der Waals surface area contributed by atoms with Crippen molar-refractivity contribution in [2.24, 2.45) is 38.7 Å². The van der Waals surface area contributed by atoms with Crippen LogP contribution in [0.25, 0.3) is 0 Å². The normalized spacial score (nSPS) is 21.1. The molecule has 1 saturated heterocycles. The predicted octanol–water partition coefficient (Wildman–Crippen LogP) is -5.58. The van der Waals surface area contributed by atoms with Gasteiger partial charge in [0.15, 0.2) is 11.9 Å². The molecule has 9 amide bonds. The number of nitrogens with one attached hydrogen (secondary N) is 8. The molecule has 1 aromatic carbocycles. The summed E-state index contributed by atoms with van der Waals surface area (Å²) in [4.78, 5) is 139. The molecule has 1 aliphatic heterocycles. The predicted molar refractivity (Wildman–Crippen MR) is 238 cm³/mol. The van der Waals surface area contributed by atoms with Gasteiger partial charge in [-0.1, -0.05) is 30.3 Å². The Morgan fingerprint density at radius 3 is 1.97 bits per heavy atom. The van der Waals surface area contributed by atoms with Crippen LogP contribution >= 0.6 is 0 Å². The summed E-state index contributed by atoms with van der Waals surface area (Å²) in [6.07, 6.45) is -1.16. The smallest absolute Gasteiger partial charge is 0.326 e. The molecule has 26 heteroatoms. The quantitative estimate of drug-likeness (QED) is 0.0394. The van der Waals surface area contributed by atoms with E-state index in [1.165, 1.54) is 0 Å². The second-order valence-electron chi connectivity index (χ2n) is 15.3. The summed E-state index contributed by atoms with van der Waals surface area (Å²) in [5.41, 5.74) is 27.6. The molecule has 3 unspecified atom stereocenters. The third kappa shape index (κ3) is 22.2. The first-order chi connectivity index (χ1) is 31.2. The van der Waals surface area contributed by atoms with E-state index in [0.717, 1.165) is 6.92 Å². The van der Waals surface area contributed by atoms with Gasteiger partial charge in [0.25, 0.3) is 0 Å². The number of primary amides is 1. The molecule has 0 radical (unpaired) electrons. The molecule has 1 aliphatic rings. The first-order valence-electron chi connectivity index (χ1n) is 21.2. The van der Waals surface area contributed by atoms with Crippen molar-refractivity contribution in [1.82, 2.24) is 42.5 Å². The van der Waals surface area contributed by atoms with Crippen LogP contribution in [0, 0.1) is 0 Å². The fourth-order valence-electron chi connectivity index (χ4n) is 6.46. The minimum Gasteiger partial charge on any atom is -0.480 e. The highest BCUT2D eigenvalue weighted by molar-refractivity contribution is 5.98. The molecule has 26 nitrogen and oxygen atoms in total. The van der Waals surface area contributed by atoms with Crippen LogP contribution < -0.4 is 71.2 Å². The Bertz CT molecular complexity index is 1920. The van der Waals surface area contributed by atoms with Gasteiger partial charge in [0.1, 0.15) is 36.3 Å². The number of hydrogen-bond donors (Lipinski definition) is 14. The molecule has 1 fully saturated rings. The van der Waals surface area contributed by atoms with E-state index < -0.39 is 121 Å². The van der Waals surface area contributed by atoms with Crippen LogP contribution in [0.2, 0.25) is 0 Å². The summed E-state index contributed by atoms with van der Waals surface area (Å²) in [5, 5.41) is 29.6. The summed E-state index contributed by atoms with van der Waals surface area (Å²) in [6.45, 7) is 0.584. The van der Waals surface area contributed by atoms with Gasteiger partial charge >= 0.3 is 5.97 Å². The van der Waals surface area contributed by atoms with Crippen molar-refractivity contribution < 1.29 is 53.1 Å². The summed E-state index contributed by atoms with van der Waals surface area (Å²) < 4.78 is 0. The average Bonchev–Trinajstić information content (AvgIpc) is 3.24. The topological polar surface area (TPSA) is 442 Å². The third-order valence-electron chi connectivity index (χ3n) is 9.77. The van der Waals surface area contributed by atoms with Gasteiger partial charge in [-0.25, -0.2) is 4.79 Å². The fraction of sp³-hybridized carbons (Fsp3) is 0.550. The molecule has 1 heterocycles. The maximum Gasteiger partial charge on any atom is 0.326 e. The Morgan fingerprint density at radius 1 is 0.742 bits per heavy atom. The number of aliphatic carboxylic acids is 1. The molecule has 6 atom stereocenters. The minimum atomic E-state index is -1.70. The van der Waals surface area contributed by atoms with Crippen LogP contribution in [0.1, 0.15) is 76.7 Å². The van der Waals surface area contributed by atoms with Crippen LogP contribution in [0.3, 0.4) is 0 Å². The molecule has 0 aromatic heterocycles. The highest BCUT2D eigenvalue weighted by Crippen LogP contribution is 2.10. The third-order valence-corrected chi connectivity index (χ3v) is 9.77. The van der Waals surface area contributed by atoms with E-state index in [1.54, 1.807) is 30.3 Å². The maximum atomic E-state index is 14.1. The molecule has 0 spiro atoms. The second-order valence-corrected chi connectivity index (χ2v) is 15.3. The van der Waals surface area contributed by atoms with E-state index in [1.807, 2.05) is 0 Å². The fourth-order valence-corrected chi connectivity index (χ4v) is 6.46. The molecule has 2 rings (SSSR count). The van der Waals surface area contributed by atoms with Crippen molar-refractivity contribution in [3.8, 4) is 0 Å². The van der Waals surface area contributed by atoms with Gasteiger partial charge < -0.3 is 76.3 Å². The van der Waals surface area contributed by atoms with Crippen molar-refractivity contribution in [3.63, 3.8) is 0 Å². The number of carbonyl (C=O) groups excluding carboxylic acids is 9. The van der Waals surface area contributed by atoms with Crippen molar-refractivity contribution in [2.75, 3.05) is 26.2 Å². The molecule has 19 N–H and O–H groups in total. The Balaban J connectivity index is 2.62. The van der Waals surface area contributed by atoms with E-state index in [-0.39, 0.29) is 82.9 Å². The molecule has 0 bridgehead atoms. The number of aliphatic imine (C=N–C) groups is 2. The van der Waals surface area contributed by atoms with Crippen LogP contribution in [0.4, 0.5) is 0 Å². The number of carboxylic acids is 1. The van der Waals surface area contributed by atoms with Gasteiger partial charge in [-0.05, 0) is 56.9 Å². The lowest BCUT2D eigenvalue weighted by atomic mass is 10.0. The number of nitrogens with zero attached hydrogens (tertiary/aromatic N) is 2. The molecular weight excluding hydrogens is 867 g/mol. The van der Waals surface area contributed by atoms with E-state index in [0.29, 0.717) is 5.56 Å². The first-order valence-corrected chi connectivity index (χ1v) is 21.2. The van der Waals surface area contributed by atoms with Gasteiger partial charge in [-0.2, -0.15) is 0 Å². The van der Waals surface area contributed by atoms with Crippen LogP contribution in [-0.2, 0) is 54.4 Å². The Hall–Kier alpha value is -7.54. The highest BCUT2D eigenvalue weighted by atomic mass is 16.4. The van der Waals surface area contributed by atoms with Gasteiger partial charge in [0.2, 0.25) is 53.2 Å². The second kappa shape index (κ2) is 29.0. The van der Waals surface area contributed by atoms with Gasteiger partial charge in [-0.3, -0.25) is 53.1 Å². The van der Waals surface area contributed by atoms with E-state index >= 15 is 0 Å². The highest BCUT2D eigenvalue weighted by Gasteiger charge is 2.34. The number of nitrogens with two attached hydrogens (primary N) is 5. The zero-order chi connectivity index (χ0) is 49.2. The molecule has 0 aliphatic carbocycles. The molecular formula is C40H63N15O11. The Morgan fingerprint density at radius 2 is 1.35 bits per heavy atom. The molecule has 1 aromatic rings. The number of benzene rings is 1. The number of carbonyl (C=O) groups is 10. The summed E-state index contributed by atoms with van der Waals surface area (Å²) >= 11 is 0. The number of guanidine groups is 2. The van der Waals surface area contributed by atoms with Gasteiger partial charge in [-0.15, -0.1) is 0 Å². The maximum absolute atomic E-state index is 14.1. The first kappa shape index (κ1) is 54.6. The van der Waals surface area contributed by atoms with Crippen molar-refractivity contribution in [2.45, 2.75) is 114 Å². The summed E-state index contributed by atoms with van der Waals surface area (Å²) in [6, 6.07) is -0.360. The van der Waals surface area contributed by atoms with E-state index in [2.05, 4.69) is 52.5 Å². The lowest BCUT2D eigenvalue weighted by Gasteiger charge is -2.27. The van der Waals surface area contributed by atoms with E-state index in [9.17, 15) is 53.1 Å². The van der Waals surface area contributed by atoms with Gasteiger partial charge in [0.05, 0.1) is 13.0 Å². The lowest BCUT2D eigenvalue weighted by molar-refractivity contribution is -0.142. The number of hydrogen-bond acceptors (Lipinski definition) is 12. The monoisotopic (exact) mass is 929 g/mol. The van der Waals surface area contributed by atoms with Crippen molar-refractivity contribution in [1.29, 1.82) is 0 Å². The zero-order valence-electron chi connectivity index (χ0n) is 36.8. The SMILES string of the molecule is CC(=O)N[C@@H](CCCN=C(N)N)C(=O)NC1CC(=O)NCCCCC(C(=O)O)NC(=O)CNC(=O)[C@H](CCCN=C(N)N)NC(=O)C(Cc2ccccc2)NC(=O)[C@H](CCC(N)=O)NC1=O. The number of carboxylic acid groups (broad SMARTS) is 1. The summed E-state index contributed by atoms with van der Waals surface area (Å²) in [7, 11) is 0. The molecule has 66 heavy (non-hydrogen) atoms. The van der Waals surface area contributed by atoms with Crippen molar-refractivity contribution >= 4 is 71.1 Å². The Labute approximate surface area is 380 Å². The van der Waals surface area contributed by atoms with Crippen LogP contribution in [0.5, 0.6) is 0 Å². The number of amides is 9. The van der Waals surface area contributed by atoms with Crippen LogP contribution in [0.15, 0.2) is 40.3 Å². The standard InChI is InChI=1S/C40H63N15O11/c1-22(56)50-25(13-8-18-48-40(44)45)34(61)55-29-20-31(58)46-16-6-5-11-27(38(65)66)51-32(59)21-49-33(60)24(12-7-17-47-39(42)43)52-36(63)28(19-23-9-3-2-4-10-23)54-35(62)26(53-37(29)64)14-15-30(41)57/h2-4,9-10,24-29H,5-8,11-21H2,1H3,(H2,41,57)(H,46,58)(H,49,60)(H,50,56)(H,51,59)(H,52,63)(H,53,64)(H,54,62)(H,55,61)(H,65,66)(H4,42,43,47)(H4,44,45,48)/t24-,25-,26-,27?,28?,29?/m0/s1. The van der Waals surface area contributed by atoms with Crippen molar-refractivity contribution in [3.05, 3.63) is 35.9 Å². The molecule has 364 valence electrons. The van der Waals surface area contributed by atoms with E-state index in [4.69, 9.17) is 28.7 Å². The lowest BCUT2D eigenvalue weighted by Crippen LogP contribution is -2.60. The average molecular weight is 930 g/mol. The summed E-state index contributed by atoms with van der Waals surface area (Å²) in [5.74, 6) is -9.58. The zero-order valence-corrected chi connectivity index (χ0v) is 36.8. The number of rotatable bonds is 17. The largest absolute Gasteiger partial charge is 0.480 e. The Kier molecular flexibility index (Phi) is 24.0.